The van der Waals surface area contributed by atoms with Crippen LogP contribution in [0.4, 0.5) is 5.82 Å². The highest BCUT2D eigenvalue weighted by atomic mass is 35.5. The number of ether oxygens (including phenoxy) is 1. The van der Waals surface area contributed by atoms with Crippen molar-refractivity contribution in [3.63, 3.8) is 0 Å². The summed E-state index contributed by atoms with van der Waals surface area (Å²) in [5.41, 5.74) is 1.12. The number of nitrogens with zero attached hydrogens (tertiary/aromatic N) is 5. The van der Waals surface area contributed by atoms with Crippen LogP contribution < -0.4 is 10.1 Å². The third-order valence-corrected chi connectivity index (χ3v) is 5.60. The molecule has 0 radical (unpaired) electrons. The summed E-state index contributed by atoms with van der Waals surface area (Å²) in [6.45, 7) is 2.74. The molecule has 0 spiro atoms. The lowest BCUT2D eigenvalue weighted by Crippen LogP contribution is -2.52. The Kier molecular flexibility index (Phi) is 5.85. The molecule has 3 heterocycles. The van der Waals surface area contributed by atoms with Crippen LogP contribution in [-0.2, 0) is 0 Å². The molecule has 1 aliphatic rings. The number of hydrogen-bond donors (Lipinski definition) is 1. The van der Waals surface area contributed by atoms with E-state index in [1.165, 1.54) is 4.80 Å². The maximum Gasteiger partial charge on any atom is 0.256 e. The number of carbonyl (C=O) groups excluding carboxylic acids is 1. The van der Waals surface area contributed by atoms with Gasteiger partial charge < -0.3 is 15.0 Å². The van der Waals surface area contributed by atoms with Crippen molar-refractivity contribution < 1.29 is 9.53 Å². The van der Waals surface area contributed by atoms with E-state index in [4.69, 9.17) is 16.3 Å². The van der Waals surface area contributed by atoms with Crippen molar-refractivity contribution in [2.45, 2.75) is 31.8 Å². The summed E-state index contributed by atoms with van der Waals surface area (Å²) in [7, 11) is 1.59. The lowest BCUT2D eigenvalue weighted by molar-refractivity contribution is 0.0616. The van der Waals surface area contributed by atoms with Crippen molar-refractivity contribution in [2.75, 3.05) is 19.0 Å². The number of pyridine rings is 1. The fourth-order valence-electron chi connectivity index (χ4n) is 3.75. The molecule has 2 unspecified atom stereocenters. The molecule has 3 aromatic rings. The Labute approximate surface area is 179 Å². The smallest absolute Gasteiger partial charge is 0.256 e. The van der Waals surface area contributed by atoms with E-state index in [1.807, 2.05) is 11.0 Å². The number of amides is 1. The zero-order chi connectivity index (χ0) is 21.1. The van der Waals surface area contributed by atoms with E-state index in [2.05, 4.69) is 27.4 Å². The third-order valence-electron chi connectivity index (χ3n) is 5.38. The number of halogens is 1. The van der Waals surface area contributed by atoms with Gasteiger partial charge in [-0.1, -0.05) is 11.6 Å². The fraction of sp³-hybridized carbons (Fsp3) is 0.333. The van der Waals surface area contributed by atoms with Gasteiger partial charge in [0.25, 0.3) is 5.91 Å². The molecular weight excluding hydrogens is 404 g/mol. The molecule has 4 rings (SSSR count). The fourth-order valence-corrected chi connectivity index (χ4v) is 3.87. The number of rotatable bonds is 5. The van der Waals surface area contributed by atoms with Gasteiger partial charge in [0.2, 0.25) is 0 Å². The maximum absolute atomic E-state index is 13.5. The van der Waals surface area contributed by atoms with E-state index in [0.29, 0.717) is 28.6 Å². The number of methoxy groups -OCH3 is 1. The summed E-state index contributed by atoms with van der Waals surface area (Å²) in [6, 6.07) is 9.03. The zero-order valence-corrected chi connectivity index (χ0v) is 17.6. The van der Waals surface area contributed by atoms with Crippen LogP contribution in [-0.4, -0.2) is 56.5 Å². The Bertz CT molecular complexity index is 1010. The molecule has 2 aromatic heterocycles. The van der Waals surface area contributed by atoms with Gasteiger partial charge in [-0.2, -0.15) is 15.0 Å². The Balaban J connectivity index is 1.59. The molecule has 1 fully saturated rings. The Hall–Kier alpha value is -3.13. The van der Waals surface area contributed by atoms with Gasteiger partial charge in [-0.25, -0.2) is 4.98 Å². The highest BCUT2D eigenvalue weighted by Gasteiger charge is 2.33. The Morgan fingerprint density at radius 2 is 2.03 bits per heavy atom. The Morgan fingerprint density at radius 3 is 2.73 bits per heavy atom. The zero-order valence-electron chi connectivity index (χ0n) is 16.8. The average molecular weight is 427 g/mol. The molecule has 1 N–H and O–H groups in total. The summed E-state index contributed by atoms with van der Waals surface area (Å²) < 4.78 is 5.33. The molecule has 1 aliphatic heterocycles. The number of likely N-dealkylation sites (tertiary alicyclic amines) is 1. The maximum atomic E-state index is 13.5. The van der Waals surface area contributed by atoms with Crippen molar-refractivity contribution >= 4 is 23.3 Å². The van der Waals surface area contributed by atoms with Gasteiger partial charge >= 0.3 is 0 Å². The quantitative estimate of drug-likeness (QED) is 0.672. The van der Waals surface area contributed by atoms with Crippen LogP contribution in [0.2, 0.25) is 5.02 Å². The second-order valence-corrected chi connectivity index (χ2v) is 7.63. The van der Waals surface area contributed by atoms with Gasteiger partial charge in [0.1, 0.15) is 17.3 Å². The van der Waals surface area contributed by atoms with E-state index in [9.17, 15) is 4.79 Å². The van der Waals surface area contributed by atoms with Gasteiger partial charge in [0.15, 0.2) is 0 Å². The largest absolute Gasteiger partial charge is 0.497 e. The molecule has 30 heavy (non-hydrogen) atoms. The topological polar surface area (TPSA) is 85.2 Å². The number of anilines is 1. The number of hydrogen-bond acceptors (Lipinski definition) is 6. The number of piperidine rings is 1. The van der Waals surface area contributed by atoms with E-state index in [-0.39, 0.29) is 18.0 Å². The number of nitrogens with one attached hydrogen (secondary N) is 1. The molecule has 9 heteroatoms. The van der Waals surface area contributed by atoms with E-state index in [1.54, 1.807) is 50.0 Å². The minimum Gasteiger partial charge on any atom is -0.497 e. The number of carbonyl (C=O) groups is 1. The summed E-state index contributed by atoms with van der Waals surface area (Å²) >= 11 is 5.93. The van der Waals surface area contributed by atoms with Crippen molar-refractivity contribution in [3.8, 4) is 11.4 Å². The van der Waals surface area contributed by atoms with Gasteiger partial charge in [0, 0.05) is 30.9 Å². The average Bonchev–Trinajstić information content (AvgIpc) is 3.31. The summed E-state index contributed by atoms with van der Waals surface area (Å²) in [5.74, 6) is 1.32. The van der Waals surface area contributed by atoms with Crippen molar-refractivity contribution in [3.05, 3.63) is 59.5 Å². The van der Waals surface area contributed by atoms with Crippen LogP contribution in [0.25, 0.3) is 5.69 Å². The van der Waals surface area contributed by atoms with Crippen LogP contribution in [0.15, 0.2) is 48.9 Å². The molecule has 1 aromatic carbocycles. The minimum absolute atomic E-state index is 0.0238. The lowest BCUT2D eigenvalue weighted by atomic mass is 9.96. The van der Waals surface area contributed by atoms with E-state index >= 15 is 0 Å². The van der Waals surface area contributed by atoms with Crippen LogP contribution in [0.5, 0.6) is 5.75 Å². The standard InChI is InChI=1S/C21H23ClN6O2/c1-14-18(26-20-8-5-15(22)13-23-20)4-3-11-27(14)21(29)17-7-6-16(30-2)12-19(17)28-24-9-10-25-28/h5-10,12-14,18H,3-4,11H2,1-2H3,(H,23,26). The highest BCUT2D eigenvalue weighted by molar-refractivity contribution is 6.30. The van der Waals surface area contributed by atoms with Crippen molar-refractivity contribution in [2.24, 2.45) is 0 Å². The van der Waals surface area contributed by atoms with Crippen LogP contribution in [0, 0.1) is 0 Å². The van der Waals surface area contributed by atoms with E-state index < -0.39 is 0 Å². The molecule has 0 bridgehead atoms. The first-order valence-electron chi connectivity index (χ1n) is 9.80. The molecule has 1 saturated heterocycles. The van der Waals surface area contributed by atoms with Crippen molar-refractivity contribution in [1.29, 1.82) is 0 Å². The monoisotopic (exact) mass is 426 g/mol. The summed E-state index contributed by atoms with van der Waals surface area (Å²) in [6.07, 6.45) is 6.62. The molecule has 156 valence electrons. The van der Waals surface area contributed by atoms with Gasteiger partial charge in [-0.3, -0.25) is 4.79 Å². The predicted octanol–water partition coefficient (Wildman–Crippen LogP) is 3.43. The first-order valence-corrected chi connectivity index (χ1v) is 10.2. The number of aromatic nitrogens is 4. The minimum atomic E-state index is -0.0620. The Morgan fingerprint density at radius 1 is 1.23 bits per heavy atom. The molecular formula is C21H23ClN6O2. The normalized spacial score (nSPS) is 18.8. The second-order valence-electron chi connectivity index (χ2n) is 7.20. The molecule has 0 aliphatic carbocycles. The molecule has 2 atom stereocenters. The third kappa shape index (κ3) is 4.09. The van der Waals surface area contributed by atoms with Crippen LogP contribution >= 0.6 is 11.6 Å². The first kappa shape index (κ1) is 20.2. The summed E-state index contributed by atoms with van der Waals surface area (Å²) in [5, 5.41) is 12.4. The highest BCUT2D eigenvalue weighted by Crippen LogP contribution is 2.27. The molecule has 1 amide bonds. The molecule has 8 nitrogen and oxygen atoms in total. The predicted molar refractivity (Wildman–Crippen MR) is 114 cm³/mol. The SMILES string of the molecule is COc1ccc(C(=O)N2CCCC(Nc3ccc(Cl)cn3)C2C)c(-n2nccn2)c1. The molecule has 0 saturated carbocycles. The first-order chi connectivity index (χ1) is 14.6. The number of benzene rings is 1. The van der Waals surface area contributed by atoms with E-state index in [0.717, 1.165) is 18.7 Å². The van der Waals surface area contributed by atoms with Gasteiger partial charge in [-0.05, 0) is 44.0 Å². The second kappa shape index (κ2) is 8.71. The van der Waals surface area contributed by atoms with Gasteiger partial charge in [-0.15, -0.1) is 0 Å². The van der Waals surface area contributed by atoms with Gasteiger partial charge in [0.05, 0.1) is 30.1 Å². The summed E-state index contributed by atoms with van der Waals surface area (Å²) in [4.78, 5) is 21.2. The lowest BCUT2D eigenvalue weighted by Gasteiger charge is -2.40. The van der Waals surface area contributed by atoms with Crippen LogP contribution in [0.1, 0.15) is 30.1 Å². The van der Waals surface area contributed by atoms with Crippen molar-refractivity contribution in [1.82, 2.24) is 24.9 Å². The van der Waals surface area contributed by atoms with Crippen LogP contribution in [0.3, 0.4) is 0 Å².